The Kier molecular flexibility index (Phi) is 8.00. The average Bonchev–Trinajstić information content (AvgIpc) is 2.93. The Bertz CT molecular complexity index is 838. The molecule has 6 heteroatoms. The van der Waals surface area contributed by atoms with E-state index >= 15 is 0 Å². The van der Waals surface area contributed by atoms with Crippen LogP contribution in [0, 0.1) is 19.8 Å². The molecule has 0 saturated carbocycles. The van der Waals surface area contributed by atoms with Gasteiger partial charge < -0.3 is 10.1 Å². The second kappa shape index (κ2) is 10.2. The van der Waals surface area contributed by atoms with E-state index in [0.29, 0.717) is 18.0 Å². The monoisotopic (exact) mass is 399 g/mol. The largest absolute Gasteiger partial charge is 0.453 e. The molecule has 0 bridgehead atoms. The van der Waals surface area contributed by atoms with Crippen LogP contribution in [0.5, 0.6) is 0 Å². The number of aromatic nitrogens is 2. The lowest BCUT2D eigenvalue weighted by molar-refractivity contribution is -0.153. The first kappa shape index (κ1) is 22.7. The Morgan fingerprint density at radius 2 is 1.79 bits per heavy atom. The summed E-state index contributed by atoms with van der Waals surface area (Å²) in [4.78, 5) is 24.5. The average molecular weight is 400 g/mol. The number of anilines is 1. The highest BCUT2D eigenvalue weighted by atomic mass is 16.5. The number of esters is 1. The molecular formula is C23H33N3O3. The van der Waals surface area contributed by atoms with Crippen LogP contribution in [0.15, 0.2) is 24.3 Å². The highest BCUT2D eigenvalue weighted by molar-refractivity contribution is 5.95. The van der Waals surface area contributed by atoms with Crippen LogP contribution in [0.4, 0.5) is 5.69 Å². The number of carbonyl (C=O) groups is 2. The summed E-state index contributed by atoms with van der Waals surface area (Å²) in [5.41, 5.74) is 5.00. The van der Waals surface area contributed by atoms with Crippen molar-refractivity contribution in [2.45, 2.75) is 73.5 Å². The maximum absolute atomic E-state index is 12.3. The summed E-state index contributed by atoms with van der Waals surface area (Å²) in [6.45, 7) is 12.8. The standard InChI is InChI=1S/C23H33N3O3/c1-7-19-8-10-20(11-9-19)24-23(28)18(6)29-22(27)13-12-21-16(4)25-26(17(21)5)14-15(2)3/h8-11,15,18H,7,12-14H2,1-6H3,(H,24,28). The van der Waals surface area contributed by atoms with Gasteiger partial charge in [-0.3, -0.25) is 14.3 Å². The maximum atomic E-state index is 12.3. The molecule has 1 atom stereocenters. The molecule has 158 valence electrons. The van der Waals surface area contributed by atoms with Gasteiger partial charge >= 0.3 is 5.97 Å². The van der Waals surface area contributed by atoms with Gasteiger partial charge in [0.1, 0.15) is 0 Å². The molecule has 2 aromatic rings. The van der Waals surface area contributed by atoms with Crippen LogP contribution < -0.4 is 5.32 Å². The van der Waals surface area contributed by atoms with E-state index in [9.17, 15) is 9.59 Å². The van der Waals surface area contributed by atoms with Crippen LogP contribution in [-0.2, 0) is 33.7 Å². The molecule has 0 aliphatic heterocycles. The predicted molar refractivity (Wildman–Crippen MR) is 115 cm³/mol. The fraction of sp³-hybridized carbons (Fsp3) is 0.522. The Labute approximate surface area is 173 Å². The normalized spacial score (nSPS) is 12.1. The van der Waals surface area contributed by atoms with Crippen molar-refractivity contribution in [3.05, 3.63) is 46.8 Å². The SMILES string of the molecule is CCc1ccc(NC(=O)C(C)OC(=O)CCc2c(C)nn(CC(C)C)c2C)cc1. The first-order valence-corrected chi connectivity index (χ1v) is 10.3. The van der Waals surface area contributed by atoms with E-state index in [-0.39, 0.29) is 18.3 Å². The summed E-state index contributed by atoms with van der Waals surface area (Å²) in [6.07, 6.45) is 0.871. The van der Waals surface area contributed by atoms with Crippen molar-refractivity contribution in [3.8, 4) is 0 Å². The fourth-order valence-corrected chi connectivity index (χ4v) is 3.22. The molecule has 0 aliphatic carbocycles. The number of ether oxygens (including phenoxy) is 1. The number of benzene rings is 1. The second-order valence-corrected chi connectivity index (χ2v) is 7.90. The molecule has 0 saturated heterocycles. The van der Waals surface area contributed by atoms with E-state index in [1.165, 1.54) is 5.56 Å². The predicted octanol–water partition coefficient (Wildman–Crippen LogP) is 4.22. The van der Waals surface area contributed by atoms with Gasteiger partial charge in [-0.05, 0) is 62.8 Å². The highest BCUT2D eigenvalue weighted by Gasteiger charge is 2.19. The lowest BCUT2D eigenvalue weighted by Gasteiger charge is -2.14. The van der Waals surface area contributed by atoms with Crippen molar-refractivity contribution >= 4 is 17.6 Å². The zero-order chi connectivity index (χ0) is 21.6. The number of rotatable bonds is 9. The third-order valence-corrected chi connectivity index (χ3v) is 4.96. The molecule has 1 aromatic carbocycles. The smallest absolute Gasteiger partial charge is 0.306 e. The van der Waals surface area contributed by atoms with E-state index in [4.69, 9.17) is 4.74 Å². The van der Waals surface area contributed by atoms with E-state index in [1.54, 1.807) is 6.92 Å². The van der Waals surface area contributed by atoms with Gasteiger partial charge in [0.15, 0.2) is 6.10 Å². The van der Waals surface area contributed by atoms with Gasteiger partial charge in [-0.15, -0.1) is 0 Å². The van der Waals surface area contributed by atoms with Crippen LogP contribution in [0.1, 0.15) is 56.6 Å². The summed E-state index contributed by atoms with van der Waals surface area (Å²) >= 11 is 0. The van der Waals surface area contributed by atoms with Gasteiger partial charge in [0.05, 0.1) is 5.69 Å². The first-order valence-electron chi connectivity index (χ1n) is 10.3. The molecule has 0 radical (unpaired) electrons. The van der Waals surface area contributed by atoms with Crippen LogP contribution in [0.25, 0.3) is 0 Å². The minimum atomic E-state index is -0.848. The summed E-state index contributed by atoms with van der Waals surface area (Å²) < 4.78 is 7.32. The summed E-state index contributed by atoms with van der Waals surface area (Å²) in [5, 5.41) is 7.36. The zero-order valence-electron chi connectivity index (χ0n) is 18.4. The first-order chi connectivity index (χ1) is 13.7. The van der Waals surface area contributed by atoms with Crippen LogP contribution in [0.3, 0.4) is 0 Å². The van der Waals surface area contributed by atoms with Crippen molar-refractivity contribution < 1.29 is 14.3 Å². The third kappa shape index (κ3) is 6.44. The van der Waals surface area contributed by atoms with E-state index in [2.05, 4.69) is 31.2 Å². The number of hydrogen-bond acceptors (Lipinski definition) is 4. The van der Waals surface area contributed by atoms with Crippen LogP contribution >= 0.6 is 0 Å². The van der Waals surface area contributed by atoms with Crippen molar-refractivity contribution in [2.75, 3.05) is 5.32 Å². The van der Waals surface area contributed by atoms with Gasteiger partial charge in [0, 0.05) is 24.3 Å². The molecular weight excluding hydrogens is 366 g/mol. The second-order valence-electron chi connectivity index (χ2n) is 7.90. The van der Waals surface area contributed by atoms with Crippen LogP contribution in [-0.4, -0.2) is 27.8 Å². The Hall–Kier alpha value is -2.63. The highest BCUT2D eigenvalue weighted by Crippen LogP contribution is 2.17. The number of amides is 1. The lowest BCUT2D eigenvalue weighted by Crippen LogP contribution is -2.30. The summed E-state index contributed by atoms with van der Waals surface area (Å²) in [5.74, 6) is -0.215. The summed E-state index contributed by atoms with van der Waals surface area (Å²) in [7, 11) is 0. The molecule has 1 heterocycles. The summed E-state index contributed by atoms with van der Waals surface area (Å²) in [6, 6.07) is 7.64. The Morgan fingerprint density at radius 3 is 2.38 bits per heavy atom. The molecule has 6 nitrogen and oxygen atoms in total. The number of carbonyl (C=O) groups excluding carboxylic acids is 2. The molecule has 1 amide bonds. The number of aryl methyl sites for hydroxylation is 2. The zero-order valence-corrected chi connectivity index (χ0v) is 18.4. The minimum Gasteiger partial charge on any atom is -0.453 e. The Morgan fingerprint density at radius 1 is 1.14 bits per heavy atom. The van der Waals surface area contributed by atoms with E-state index < -0.39 is 6.10 Å². The molecule has 2 rings (SSSR count). The third-order valence-electron chi connectivity index (χ3n) is 4.96. The topological polar surface area (TPSA) is 73.2 Å². The van der Waals surface area contributed by atoms with E-state index in [0.717, 1.165) is 29.9 Å². The molecule has 29 heavy (non-hydrogen) atoms. The number of hydrogen-bond donors (Lipinski definition) is 1. The van der Waals surface area contributed by atoms with Crippen molar-refractivity contribution in [3.63, 3.8) is 0 Å². The van der Waals surface area contributed by atoms with Crippen molar-refractivity contribution in [2.24, 2.45) is 5.92 Å². The quantitative estimate of drug-likeness (QED) is 0.641. The minimum absolute atomic E-state index is 0.220. The van der Waals surface area contributed by atoms with Gasteiger partial charge in [-0.25, -0.2) is 0 Å². The van der Waals surface area contributed by atoms with Gasteiger partial charge in [0.25, 0.3) is 5.91 Å². The van der Waals surface area contributed by atoms with E-state index in [1.807, 2.05) is 42.8 Å². The molecule has 0 spiro atoms. The number of nitrogens with zero attached hydrogens (tertiary/aromatic N) is 2. The van der Waals surface area contributed by atoms with Gasteiger partial charge in [-0.1, -0.05) is 32.9 Å². The Balaban J connectivity index is 1.86. The van der Waals surface area contributed by atoms with Gasteiger partial charge in [0.2, 0.25) is 0 Å². The van der Waals surface area contributed by atoms with Gasteiger partial charge in [-0.2, -0.15) is 5.10 Å². The number of nitrogens with one attached hydrogen (secondary N) is 1. The molecule has 1 N–H and O–H groups in total. The van der Waals surface area contributed by atoms with Crippen molar-refractivity contribution in [1.82, 2.24) is 9.78 Å². The fourth-order valence-electron chi connectivity index (χ4n) is 3.22. The lowest BCUT2D eigenvalue weighted by atomic mass is 10.1. The molecule has 1 aromatic heterocycles. The molecule has 0 fully saturated rings. The molecule has 0 aliphatic rings. The van der Waals surface area contributed by atoms with Crippen LogP contribution in [0.2, 0.25) is 0 Å². The maximum Gasteiger partial charge on any atom is 0.306 e. The van der Waals surface area contributed by atoms with Crippen molar-refractivity contribution in [1.29, 1.82) is 0 Å². The molecule has 1 unspecified atom stereocenters.